The van der Waals surface area contributed by atoms with Crippen molar-refractivity contribution in [2.24, 2.45) is 0 Å². The van der Waals surface area contributed by atoms with Gasteiger partial charge in [0.1, 0.15) is 0 Å². The van der Waals surface area contributed by atoms with Crippen LogP contribution >= 0.6 is 0 Å². The number of carbonyl (C=O) groups is 1. The van der Waals surface area contributed by atoms with Crippen LogP contribution in [0.15, 0.2) is 23.4 Å². The van der Waals surface area contributed by atoms with Crippen LogP contribution in [0.5, 0.6) is 0 Å². The molecule has 0 radical (unpaired) electrons. The Hall–Kier alpha value is -1.51. The first-order valence-electron chi connectivity index (χ1n) is 6.15. The molecule has 0 saturated carbocycles. The molecule has 0 bridgehead atoms. The molecule has 2 heterocycles. The molecule has 7 nitrogen and oxygen atoms in total. The maximum absolute atomic E-state index is 12.4. The monoisotopic (exact) mass is 300 g/mol. The highest BCUT2D eigenvalue weighted by Gasteiger charge is 2.33. The molecular formula is C12H16N2O5S. The highest BCUT2D eigenvalue weighted by atomic mass is 32.2. The molecule has 0 amide bonds. The topological polar surface area (TPSA) is 96.8 Å². The standard InChI is InChI=1S/C12H16N2O5S/c1-8-6-14(7-9(2)19-8)20(17,18)11-4-3-10(5-13-11)12(15)16/h3-5,8-9H,6-7H2,1-2H3,(H,15,16). The molecular weight excluding hydrogens is 284 g/mol. The summed E-state index contributed by atoms with van der Waals surface area (Å²) in [6.45, 7) is 4.13. The number of morpholine rings is 1. The van der Waals surface area contributed by atoms with Gasteiger partial charge in [-0.2, -0.15) is 4.31 Å². The van der Waals surface area contributed by atoms with Crippen molar-refractivity contribution in [1.29, 1.82) is 0 Å². The molecule has 2 atom stereocenters. The van der Waals surface area contributed by atoms with Crippen LogP contribution in [0.4, 0.5) is 0 Å². The average Bonchev–Trinajstić information content (AvgIpc) is 2.37. The zero-order valence-corrected chi connectivity index (χ0v) is 12.0. The molecule has 1 aliphatic rings. The molecule has 8 heteroatoms. The van der Waals surface area contributed by atoms with Gasteiger partial charge in [0.05, 0.1) is 17.8 Å². The van der Waals surface area contributed by atoms with E-state index < -0.39 is 16.0 Å². The molecule has 110 valence electrons. The number of hydrogen-bond donors (Lipinski definition) is 1. The van der Waals surface area contributed by atoms with E-state index in [9.17, 15) is 13.2 Å². The molecule has 20 heavy (non-hydrogen) atoms. The predicted octanol–water partition coefficient (Wildman–Crippen LogP) is 0.578. The number of hydrogen-bond acceptors (Lipinski definition) is 5. The Labute approximate surface area is 117 Å². The number of rotatable bonds is 3. The molecule has 2 rings (SSSR count). The van der Waals surface area contributed by atoms with Crippen LogP contribution in [-0.2, 0) is 14.8 Å². The lowest BCUT2D eigenvalue weighted by molar-refractivity contribution is -0.0441. The van der Waals surface area contributed by atoms with E-state index in [0.717, 1.165) is 6.20 Å². The summed E-state index contributed by atoms with van der Waals surface area (Å²) in [5.74, 6) is -1.14. The Bertz CT molecular complexity index is 589. The fourth-order valence-electron chi connectivity index (χ4n) is 2.12. The predicted molar refractivity (Wildman–Crippen MR) is 70.0 cm³/mol. The Morgan fingerprint density at radius 3 is 2.40 bits per heavy atom. The van der Waals surface area contributed by atoms with Gasteiger partial charge in [0, 0.05) is 19.3 Å². The van der Waals surface area contributed by atoms with Gasteiger partial charge >= 0.3 is 5.97 Å². The number of aromatic carboxylic acids is 1. The van der Waals surface area contributed by atoms with Crippen LogP contribution in [0, 0.1) is 0 Å². The highest BCUT2D eigenvalue weighted by Crippen LogP contribution is 2.19. The van der Waals surface area contributed by atoms with E-state index in [1.807, 2.05) is 0 Å². The largest absolute Gasteiger partial charge is 0.478 e. The second kappa shape index (κ2) is 5.47. The summed E-state index contributed by atoms with van der Waals surface area (Å²) in [6, 6.07) is 2.44. The van der Waals surface area contributed by atoms with E-state index in [1.165, 1.54) is 16.4 Å². The normalized spacial score (nSPS) is 24.5. The van der Waals surface area contributed by atoms with Gasteiger partial charge in [-0.3, -0.25) is 0 Å². The third-order valence-electron chi connectivity index (χ3n) is 2.97. The van der Waals surface area contributed by atoms with E-state index in [-0.39, 0.29) is 35.9 Å². The number of carboxylic acid groups (broad SMARTS) is 1. The van der Waals surface area contributed by atoms with Crippen LogP contribution in [0.25, 0.3) is 0 Å². The molecule has 1 saturated heterocycles. The fourth-order valence-corrected chi connectivity index (χ4v) is 3.62. The summed E-state index contributed by atoms with van der Waals surface area (Å²) in [6.07, 6.45) is 0.668. The van der Waals surface area contributed by atoms with Crippen molar-refractivity contribution in [3.8, 4) is 0 Å². The van der Waals surface area contributed by atoms with Gasteiger partial charge < -0.3 is 9.84 Å². The van der Waals surface area contributed by atoms with Gasteiger partial charge in [-0.25, -0.2) is 18.2 Å². The molecule has 0 spiro atoms. The van der Waals surface area contributed by atoms with E-state index in [1.54, 1.807) is 13.8 Å². The van der Waals surface area contributed by atoms with Crippen LogP contribution in [0.1, 0.15) is 24.2 Å². The maximum atomic E-state index is 12.4. The quantitative estimate of drug-likeness (QED) is 0.877. The Balaban J connectivity index is 2.27. The van der Waals surface area contributed by atoms with E-state index >= 15 is 0 Å². The van der Waals surface area contributed by atoms with Crippen LogP contribution in [0.3, 0.4) is 0 Å². The third kappa shape index (κ3) is 2.97. The van der Waals surface area contributed by atoms with Crippen molar-refractivity contribution >= 4 is 16.0 Å². The first-order valence-corrected chi connectivity index (χ1v) is 7.59. The van der Waals surface area contributed by atoms with Crippen molar-refractivity contribution in [1.82, 2.24) is 9.29 Å². The molecule has 1 fully saturated rings. The number of ether oxygens (including phenoxy) is 1. The van der Waals surface area contributed by atoms with E-state index in [4.69, 9.17) is 9.84 Å². The SMILES string of the molecule is CC1CN(S(=O)(=O)c2ccc(C(=O)O)cn2)CC(C)O1. The van der Waals surface area contributed by atoms with Gasteiger partial charge in [0.2, 0.25) is 0 Å². The molecule has 1 aromatic rings. The average molecular weight is 300 g/mol. The second-order valence-corrected chi connectivity index (χ2v) is 6.65. The van der Waals surface area contributed by atoms with Crippen molar-refractivity contribution in [3.05, 3.63) is 23.9 Å². The molecule has 1 aliphatic heterocycles. The van der Waals surface area contributed by atoms with Crippen molar-refractivity contribution < 1.29 is 23.1 Å². The first-order chi connectivity index (χ1) is 9.30. The highest BCUT2D eigenvalue weighted by molar-refractivity contribution is 7.89. The minimum atomic E-state index is -3.72. The number of nitrogens with zero attached hydrogens (tertiary/aromatic N) is 2. The van der Waals surface area contributed by atoms with Gasteiger partial charge in [-0.05, 0) is 26.0 Å². The summed E-state index contributed by atoms with van der Waals surface area (Å²) in [5.41, 5.74) is -0.0485. The fraction of sp³-hybridized carbons (Fsp3) is 0.500. The van der Waals surface area contributed by atoms with Crippen LogP contribution in [-0.4, -0.2) is 54.1 Å². The third-order valence-corrected chi connectivity index (χ3v) is 4.72. The van der Waals surface area contributed by atoms with Gasteiger partial charge in [0.15, 0.2) is 5.03 Å². The maximum Gasteiger partial charge on any atom is 0.337 e. The van der Waals surface area contributed by atoms with Crippen molar-refractivity contribution in [3.63, 3.8) is 0 Å². The van der Waals surface area contributed by atoms with Crippen molar-refractivity contribution in [2.75, 3.05) is 13.1 Å². The zero-order chi connectivity index (χ0) is 14.9. The molecule has 0 aromatic carbocycles. The molecule has 0 aliphatic carbocycles. The number of aromatic nitrogens is 1. The van der Waals surface area contributed by atoms with Crippen LogP contribution < -0.4 is 0 Å². The summed E-state index contributed by atoms with van der Waals surface area (Å²) in [4.78, 5) is 14.5. The molecule has 1 aromatic heterocycles. The zero-order valence-electron chi connectivity index (χ0n) is 11.2. The molecule has 1 N–H and O–H groups in total. The lowest BCUT2D eigenvalue weighted by atomic mass is 10.3. The number of pyridine rings is 1. The van der Waals surface area contributed by atoms with Gasteiger partial charge in [-0.15, -0.1) is 0 Å². The van der Waals surface area contributed by atoms with Gasteiger partial charge in [-0.1, -0.05) is 0 Å². The van der Waals surface area contributed by atoms with Gasteiger partial charge in [0.25, 0.3) is 10.0 Å². The Morgan fingerprint density at radius 2 is 1.95 bits per heavy atom. The van der Waals surface area contributed by atoms with E-state index in [0.29, 0.717) is 0 Å². The minimum absolute atomic E-state index is 0.0485. The summed E-state index contributed by atoms with van der Waals surface area (Å²) < 4.78 is 31.6. The Morgan fingerprint density at radius 1 is 1.35 bits per heavy atom. The second-order valence-electron chi connectivity index (χ2n) is 4.77. The lowest BCUT2D eigenvalue weighted by Crippen LogP contribution is -2.48. The first kappa shape index (κ1) is 14.9. The molecule has 2 unspecified atom stereocenters. The number of sulfonamides is 1. The Kier molecular flexibility index (Phi) is 4.07. The smallest absolute Gasteiger partial charge is 0.337 e. The summed E-state index contributed by atoms with van der Waals surface area (Å²) >= 11 is 0. The minimum Gasteiger partial charge on any atom is -0.478 e. The summed E-state index contributed by atoms with van der Waals surface area (Å²) in [5, 5.41) is 8.63. The summed E-state index contributed by atoms with van der Waals surface area (Å²) in [7, 11) is -3.72. The lowest BCUT2D eigenvalue weighted by Gasteiger charge is -2.34. The van der Waals surface area contributed by atoms with Crippen molar-refractivity contribution in [2.45, 2.75) is 31.1 Å². The van der Waals surface area contributed by atoms with E-state index in [2.05, 4.69) is 4.98 Å². The van der Waals surface area contributed by atoms with Crippen LogP contribution in [0.2, 0.25) is 0 Å². The number of carboxylic acids is 1.